The van der Waals surface area contributed by atoms with Gasteiger partial charge in [0.25, 0.3) is 10.0 Å². The van der Waals surface area contributed by atoms with Gasteiger partial charge in [-0.3, -0.25) is 13.9 Å². The van der Waals surface area contributed by atoms with E-state index in [9.17, 15) is 27.9 Å². The molecule has 0 saturated heterocycles. The molecule has 0 spiro atoms. The number of ether oxygens (including phenoxy) is 1. The normalized spacial score (nSPS) is 15.9. The third-order valence-corrected chi connectivity index (χ3v) is 7.15. The summed E-state index contributed by atoms with van der Waals surface area (Å²) in [6.07, 6.45) is 0. The molecule has 0 bridgehead atoms. The molecule has 1 heterocycles. The molecule has 4 rings (SSSR count). The number of carbonyl (C=O) groups excluding carboxylic acids is 3. The minimum Gasteiger partial charge on any atom is -0.505 e. The summed E-state index contributed by atoms with van der Waals surface area (Å²) in [7, 11) is -3.12. The van der Waals surface area contributed by atoms with Crippen LogP contribution in [0, 0.1) is 0 Å². The SMILES string of the molecule is COC(=O)c1ccc(C(=O)CN2/C(=C(/O)c3ccccc3)C(=O)c3ccccc3S2(=O)=O)cc1. The quantitative estimate of drug-likeness (QED) is 0.259. The van der Waals surface area contributed by atoms with Crippen molar-refractivity contribution in [2.75, 3.05) is 13.7 Å². The number of hydrogen-bond acceptors (Lipinski definition) is 7. The number of sulfonamides is 1. The first-order chi connectivity index (χ1) is 16.3. The van der Waals surface area contributed by atoms with Crippen molar-refractivity contribution >= 4 is 33.3 Å². The van der Waals surface area contributed by atoms with Gasteiger partial charge in [0.05, 0.1) is 24.1 Å². The van der Waals surface area contributed by atoms with Crippen LogP contribution in [0.5, 0.6) is 0 Å². The first-order valence-corrected chi connectivity index (χ1v) is 11.6. The minimum atomic E-state index is -4.35. The number of hydrogen-bond donors (Lipinski definition) is 1. The third kappa shape index (κ3) is 3.97. The van der Waals surface area contributed by atoms with Gasteiger partial charge in [-0.15, -0.1) is 0 Å². The molecule has 0 fully saturated rings. The fourth-order valence-corrected chi connectivity index (χ4v) is 5.24. The molecule has 0 radical (unpaired) electrons. The largest absolute Gasteiger partial charge is 0.505 e. The number of benzene rings is 3. The second-order valence-corrected chi connectivity index (χ2v) is 9.22. The van der Waals surface area contributed by atoms with Gasteiger partial charge in [0.1, 0.15) is 5.70 Å². The second kappa shape index (κ2) is 8.95. The monoisotopic (exact) mass is 477 g/mol. The van der Waals surface area contributed by atoms with Gasteiger partial charge < -0.3 is 9.84 Å². The summed E-state index contributed by atoms with van der Waals surface area (Å²) >= 11 is 0. The van der Waals surface area contributed by atoms with Crippen LogP contribution in [0.1, 0.15) is 36.6 Å². The van der Waals surface area contributed by atoms with E-state index in [1.165, 1.54) is 67.8 Å². The zero-order chi connectivity index (χ0) is 24.5. The summed E-state index contributed by atoms with van der Waals surface area (Å²) in [5.74, 6) is -2.50. The molecule has 8 nitrogen and oxygen atoms in total. The van der Waals surface area contributed by atoms with Crippen LogP contribution in [0.25, 0.3) is 5.76 Å². The number of aliphatic hydroxyl groups is 1. The smallest absolute Gasteiger partial charge is 0.337 e. The maximum absolute atomic E-state index is 13.5. The lowest BCUT2D eigenvalue weighted by Crippen LogP contribution is -2.42. The fourth-order valence-electron chi connectivity index (χ4n) is 3.61. The summed E-state index contributed by atoms with van der Waals surface area (Å²) in [5.41, 5.74) is -0.0420. The Hall–Kier alpha value is -4.24. The van der Waals surface area contributed by atoms with Crippen LogP contribution >= 0.6 is 0 Å². The van der Waals surface area contributed by atoms with Crippen molar-refractivity contribution in [1.29, 1.82) is 0 Å². The number of rotatable bonds is 5. The third-order valence-electron chi connectivity index (χ3n) is 5.35. The Morgan fingerprint density at radius 3 is 2.09 bits per heavy atom. The topological polar surface area (TPSA) is 118 Å². The number of esters is 1. The highest BCUT2D eigenvalue weighted by Crippen LogP contribution is 2.35. The van der Waals surface area contributed by atoms with Gasteiger partial charge in [-0.25, -0.2) is 13.2 Å². The first-order valence-electron chi connectivity index (χ1n) is 10.1. The van der Waals surface area contributed by atoms with Crippen LogP contribution in [0.15, 0.2) is 89.5 Å². The number of nitrogens with zero attached hydrogens (tertiary/aromatic N) is 1. The molecule has 3 aromatic carbocycles. The molecule has 1 aliphatic rings. The van der Waals surface area contributed by atoms with Crippen molar-refractivity contribution < 1.29 is 32.6 Å². The average Bonchev–Trinajstić information content (AvgIpc) is 2.87. The van der Waals surface area contributed by atoms with E-state index in [1.54, 1.807) is 18.2 Å². The molecule has 9 heteroatoms. The second-order valence-electron chi connectivity index (χ2n) is 7.39. The molecule has 1 N–H and O–H groups in total. The highest BCUT2D eigenvalue weighted by Gasteiger charge is 2.42. The van der Waals surface area contributed by atoms with E-state index in [1.807, 2.05) is 0 Å². The highest BCUT2D eigenvalue weighted by molar-refractivity contribution is 7.89. The predicted octanol–water partition coefficient (Wildman–Crippen LogP) is 3.47. The van der Waals surface area contributed by atoms with Crippen molar-refractivity contribution in [3.63, 3.8) is 0 Å². The van der Waals surface area contributed by atoms with E-state index in [-0.39, 0.29) is 27.1 Å². The van der Waals surface area contributed by atoms with E-state index in [4.69, 9.17) is 0 Å². The zero-order valence-corrected chi connectivity index (χ0v) is 18.8. The van der Waals surface area contributed by atoms with Crippen LogP contribution in [-0.2, 0) is 14.8 Å². The molecule has 34 heavy (non-hydrogen) atoms. The summed E-state index contributed by atoms with van der Waals surface area (Å²) in [4.78, 5) is 37.7. The number of methoxy groups -OCH3 is 1. The van der Waals surface area contributed by atoms with Crippen LogP contribution < -0.4 is 0 Å². The van der Waals surface area contributed by atoms with Crippen molar-refractivity contribution in [1.82, 2.24) is 4.31 Å². The number of aliphatic hydroxyl groups excluding tert-OH is 1. The van der Waals surface area contributed by atoms with E-state index >= 15 is 0 Å². The molecule has 0 aromatic heterocycles. The number of ketones is 2. The van der Waals surface area contributed by atoms with Gasteiger partial charge in [0.15, 0.2) is 11.5 Å². The van der Waals surface area contributed by atoms with E-state index in [2.05, 4.69) is 4.74 Å². The Labute approximate surface area is 195 Å². The van der Waals surface area contributed by atoms with Gasteiger partial charge in [-0.1, -0.05) is 54.6 Å². The maximum Gasteiger partial charge on any atom is 0.337 e. The van der Waals surface area contributed by atoms with Crippen molar-refractivity contribution in [2.45, 2.75) is 4.90 Å². The predicted molar refractivity (Wildman–Crippen MR) is 123 cm³/mol. The zero-order valence-electron chi connectivity index (χ0n) is 18.0. The molecular weight excluding hydrogens is 458 g/mol. The number of Topliss-reactive ketones (excluding diaryl/α,β-unsaturated/α-hetero) is 2. The standard InChI is InChI=1S/C25H19NO7S/c1-33-25(30)18-13-11-16(12-14-18)20(27)15-26-22(23(28)17-7-3-2-4-8-17)24(29)19-9-5-6-10-21(19)34(26,31)32/h2-14,28H,15H2,1H3/b23-22+. The first kappa shape index (κ1) is 22.9. The molecule has 0 atom stereocenters. The molecule has 1 aliphatic heterocycles. The van der Waals surface area contributed by atoms with Gasteiger partial charge in [-0.2, -0.15) is 0 Å². The van der Waals surface area contributed by atoms with E-state index < -0.39 is 45.6 Å². The average molecular weight is 477 g/mol. The summed E-state index contributed by atoms with van der Waals surface area (Å²) in [6, 6.07) is 19.1. The molecule has 0 saturated carbocycles. The Bertz CT molecular complexity index is 1430. The van der Waals surface area contributed by atoms with Crippen molar-refractivity contribution in [3.05, 3.63) is 107 Å². The minimum absolute atomic E-state index is 0.0916. The summed E-state index contributed by atoms with van der Waals surface area (Å²) in [5, 5.41) is 10.9. The lowest BCUT2D eigenvalue weighted by Gasteiger charge is -2.31. The Balaban J connectivity index is 1.82. The van der Waals surface area contributed by atoms with Crippen molar-refractivity contribution in [3.8, 4) is 0 Å². The highest BCUT2D eigenvalue weighted by atomic mass is 32.2. The van der Waals surface area contributed by atoms with Crippen LogP contribution in [0.4, 0.5) is 0 Å². The molecule has 0 amide bonds. The molecule has 172 valence electrons. The maximum atomic E-state index is 13.5. The Morgan fingerprint density at radius 2 is 1.44 bits per heavy atom. The van der Waals surface area contributed by atoms with Crippen LogP contribution in [-0.4, -0.2) is 49.0 Å². The van der Waals surface area contributed by atoms with E-state index in [0.29, 0.717) is 4.31 Å². The van der Waals surface area contributed by atoms with Gasteiger partial charge in [-0.05, 0) is 24.3 Å². The molecular formula is C25H19NO7S. The van der Waals surface area contributed by atoms with E-state index in [0.717, 1.165) is 0 Å². The lowest BCUT2D eigenvalue weighted by atomic mass is 10.0. The molecule has 0 unspecified atom stereocenters. The number of fused-ring (bicyclic) bond motifs is 1. The summed E-state index contributed by atoms with van der Waals surface area (Å²) in [6.45, 7) is -0.730. The lowest BCUT2D eigenvalue weighted by molar-refractivity contribution is 0.0600. The molecule has 3 aromatic rings. The van der Waals surface area contributed by atoms with Gasteiger partial charge in [0.2, 0.25) is 5.78 Å². The fraction of sp³-hybridized carbons (Fsp3) is 0.0800. The summed E-state index contributed by atoms with van der Waals surface area (Å²) < 4.78 is 32.2. The van der Waals surface area contributed by atoms with Crippen LogP contribution in [0.2, 0.25) is 0 Å². The van der Waals surface area contributed by atoms with Gasteiger partial charge in [0, 0.05) is 16.7 Å². The van der Waals surface area contributed by atoms with Crippen LogP contribution in [0.3, 0.4) is 0 Å². The number of allylic oxidation sites excluding steroid dienone is 1. The van der Waals surface area contributed by atoms with Gasteiger partial charge >= 0.3 is 5.97 Å². The molecule has 0 aliphatic carbocycles. The Kier molecular flexibility index (Phi) is 6.04. The number of carbonyl (C=O) groups is 3. The van der Waals surface area contributed by atoms with Crippen molar-refractivity contribution in [2.24, 2.45) is 0 Å². The Morgan fingerprint density at radius 1 is 0.853 bits per heavy atom.